The van der Waals surface area contributed by atoms with Crippen molar-refractivity contribution in [2.45, 2.75) is 0 Å². The maximum Gasteiger partial charge on any atom is 0.239 e. The largest absolute Gasteiger partial charge is 0.508 e. The molecule has 6 aromatic heterocycles. The van der Waals surface area contributed by atoms with Crippen molar-refractivity contribution < 1.29 is 206 Å². The van der Waals surface area contributed by atoms with Gasteiger partial charge in [-0.15, -0.1) is 0 Å². The molecule has 0 radical (unpaired) electrons. The lowest BCUT2D eigenvalue weighted by atomic mass is 10.1. The molecule has 48 heteroatoms. The van der Waals surface area contributed by atoms with E-state index < -0.39 is 136 Å². The first-order valence-corrected chi connectivity index (χ1v) is 41.9. The number of phenolic OH excluding ortho intramolecular Hbond substituents is 20. The number of hydrogen-bond acceptors (Lipinski definition) is 48. The highest BCUT2D eigenvalue weighted by molar-refractivity contribution is 5.95. The van der Waals surface area contributed by atoms with Crippen molar-refractivity contribution in [2.75, 3.05) is 78.2 Å². The Hall–Kier alpha value is -21.3. The summed E-state index contributed by atoms with van der Waals surface area (Å²) in [6.07, 6.45) is 0. The van der Waals surface area contributed by atoms with Crippen LogP contribution in [0.3, 0.4) is 0 Å². The normalized spacial score (nSPS) is 10.8. The van der Waals surface area contributed by atoms with E-state index in [1.54, 1.807) is 12.1 Å². The highest BCUT2D eigenvalue weighted by atomic mass is 16.5. The Morgan fingerprint density at radius 3 is 0.611 bits per heavy atom. The van der Waals surface area contributed by atoms with E-state index in [4.69, 9.17) is 78.6 Å². The van der Waals surface area contributed by atoms with Gasteiger partial charge in [-0.05, 0) is 72.8 Å². The summed E-state index contributed by atoms with van der Waals surface area (Å²) in [6, 6.07) is 28.1. The van der Waals surface area contributed by atoms with Gasteiger partial charge in [0.05, 0.1) is 78.2 Å². The van der Waals surface area contributed by atoms with E-state index in [1.807, 2.05) is 0 Å². The summed E-state index contributed by atoms with van der Waals surface area (Å²) in [5.41, 5.74) is -4.99. The van der Waals surface area contributed by atoms with Crippen molar-refractivity contribution in [2.24, 2.45) is 0 Å². The number of ether oxygens (including phenoxy) is 11. The molecule has 0 spiro atoms. The monoisotopic (exact) mass is 2060 g/mol. The van der Waals surface area contributed by atoms with Crippen molar-refractivity contribution in [3.63, 3.8) is 0 Å². The summed E-state index contributed by atoms with van der Waals surface area (Å²) in [6.45, 7) is 0. The van der Waals surface area contributed by atoms with Gasteiger partial charge >= 0.3 is 0 Å². The molecule has 6 heterocycles. The second-order valence-electron chi connectivity index (χ2n) is 30.9. The lowest BCUT2D eigenvalue weighted by Crippen LogP contribution is -2.08. The van der Waals surface area contributed by atoms with Gasteiger partial charge in [0.15, 0.2) is 104 Å². The first-order valence-electron chi connectivity index (χ1n) is 41.9. The van der Waals surface area contributed by atoms with Crippen LogP contribution in [-0.2, 0) is 0 Å². The molecule has 0 aliphatic heterocycles. The van der Waals surface area contributed by atoms with E-state index in [2.05, 4.69) is 0 Å². The van der Waals surface area contributed by atoms with Crippen molar-refractivity contribution in [1.82, 2.24) is 0 Å². The summed E-state index contributed by atoms with van der Waals surface area (Å²) < 4.78 is 89.0. The number of aromatic hydroxyl groups is 25. The molecule has 12 aromatic carbocycles. The number of phenols is 20. The predicted octanol–water partition coefficient (Wildman–Crippen LogP) is 13.5. The molecule has 18 rings (SSSR count). The quantitative estimate of drug-likeness (QED) is 0.0376. The minimum absolute atomic E-state index is 0.00570. The SMILES string of the molecule is COc1c(O)cc(-c2oc3cc(O)cc(O)c3c(=O)c2O)cc1O.COc1cc(-c2oc3cc(O)cc(O)c3c(=O)c2O)cc(O)c1O.COc1cc(-c2oc3cc(O)cc(O)c3c(=O)c2O)cc(O)c1O.COc1cc(-c2oc3cc(O)cc(O)c3c(=O)c2O)cc(O)c1O.COc1cc(-c2oc3cc(O)cc(O)c3c(=O)c2O)cc(OC)c1O.COc1cc(O)c2c(=O)c(OC)c(-c3cc(OC)c(OC)c(OC)c3)oc2c1. The van der Waals surface area contributed by atoms with Crippen molar-refractivity contribution in [1.29, 1.82) is 0 Å². The minimum Gasteiger partial charge on any atom is -0.508 e. The number of benzene rings is 12. The highest BCUT2D eigenvalue weighted by Gasteiger charge is 2.31. The van der Waals surface area contributed by atoms with Crippen LogP contribution >= 0.6 is 0 Å². The highest BCUT2D eigenvalue weighted by Crippen LogP contribution is 2.52. The third-order valence-corrected chi connectivity index (χ3v) is 21.8. The molecule has 18 aromatic rings. The molecule has 0 bridgehead atoms. The Balaban J connectivity index is 0.000000149. The third kappa shape index (κ3) is 20.1. The Morgan fingerprint density at radius 2 is 0.362 bits per heavy atom. The molecule has 0 atom stereocenters. The van der Waals surface area contributed by atoms with Gasteiger partial charge in [0.1, 0.15) is 135 Å². The average molecular weight is 2060 g/mol. The van der Waals surface area contributed by atoms with Crippen LogP contribution in [0.1, 0.15) is 0 Å². The number of hydrogen-bond donors (Lipinski definition) is 25. The second-order valence-corrected chi connectivity index (χ2v) is 30.9. The van der Waals surface area contributed by atoms with E-state index in [9.17, 15) is 156 Å². The Labute approximate surface area is 828 Å². The Kier molecular flexibility index (Phi) is 29.8. The van der Waals surface area contributed by atoms with Gasteiger partial charge in [0.2, 0.25) is 102 Å². The van der Waals surface area contributed by atoms with Crippen LogP contribution in [0.4, 0.5) is 0 Å². The average Bonchev–Trinajstić information content (AvgIpc) is 0.762. The number of rotatable bonds is 17. The van der Waals surface area contributed by atoms with E-state index in [-0.39, 0.29) is 209 Å². The summed E-state index contributed by atoms with van der Waals surface area (Å²) in [4.78, 5) is 74.3. The summed E-state index contributed by atoms with van der Waals surface area (Å²) in [7, 11) is 14.9. The van der Waals surface area contributed by atoms with Gasteiger partial charge < -0.3 is 206 Å². The van der Waals surface area contributed by atoms with Crippen LogP contribution in [0.25, 0.3) is 134 Å². The maximum atomic E-state index is 12.9. The molecule has 149 heavy (non-hydrogen) atoms. The molecule has 0 amide bonds. The lowest BCUT2D eigenvalue weighted by Gasteiger charge is -2.15. The van der Waals surface area contributed by atoms with Gasteiger partial charge in [-0.2, -0.15) is 0 Å². The fourth-order valence-corrected chi connectivity index (χ4v) is 14.9. The Bertz CT molecular complexity index is 8340. The fraction of sp³-hybridized carbons (Fsp3) is 0.109. The molecule has 0 fully saturated rings. The number of methoxy groups -OCH3 is 11. The van der Waals surface area contributed by atoms with Crippen LogP contribution in [0, 0.1) is 0 Å². The van der Waals surface area contributed by atoms with E-state index in [0.717, 1.165) is 91.0 Å². The smallest absolute Gasteiger partial charge is 0.239 e. The van der Waals surface area contributed by atoms with Crippen LogP contribution in [-0.4, -0.2) is 206 Å². The van der Waals surface area contributed by atoms with E-state index in [0.29, 0.717) is 28.6 Å². The van der Waals surface area contributed by atoms with Gasteiger partial charge in [0.25, 0.3) is 0 Å². The summed E-state index contributed by atoms with van der Waals surface area (Å²) >= 11 is 0. The molecule has 25 N–H and O–H groups in total. The minimum atomic E-state index is -0.932. The van der Waals surface area contributed by atoms with Crippen molar-refractivity contribution in [3.8, 4) is 275 Å². The summed E-state index contributed by atoms with van der Waals surface area (Å²) in [5, 5.41) is 244. The van der Waals surface area contributed by atoms with Gasteiger partial charge in [-0.1, -0.05) is 0 Å². The molecule has 0 unspecified atom stereocenters. The third-order valence-electron chi connectivity index (χ3n) is 21.8. The maximum absolute atomic E-state index is 12.9. The van der Waals surface area contributed by atoms with Crippen molar-refractivity contribution >= 4 is 65.8 Å². The van der Waals surface area contributed by atoms with Gasteiger partial charge in [0, 0.05) is 106 Å². The number of fused-ring (bicyclic) bond motifs is 6. The molecule has 774 valence electrons. The molecule has 48 nitrogen and oxygen atoms in total. The van der Waals surface area contributed by atoms with Crippen LogP contribution in [0.15, 0.2) is 201 Å². The zero-order chi connectivity index (χ0) is 109. The zero-order valence-electron chi connectivity index (χ0n) is 78.4. The topological polar surface area (TPSA) is 789 Å². The van der Waals surface area contributed by atoms with Crippen LogP contribution < -0.4 is 84.7 Å². The fourth-order valence-electron chi connectivity index (χ4n) is 14.9. The standard InChI is InChI=1S/C20H20O8.C17H14O8.4C16H12O8/c1-23-11-8-12(21)16-13(9-11)28-18(20(27-5)17(16)22)10-6-14(24-2)19(26-4)15(7-10)25-3;1-23-11-3-7(4-12(24-2)14(11)20)17-16(22)15(21)13-9(19)5-8(18)6-10(13)25-17;3*1-23-11-3-6(2-9(19)13(11)20)16-15(22)14(21)12-8(18)4-7(17)5-10(12)24-16;1-23-16-9(19)2-6(3-10(16)20)15-14(22)13(21)12-8(18)4-7(17)5-11(12)24-15/h6-9,21H,1-5H3;3-6,18-20,22H,1-2H3;4*2-5,17-20,22H,1H3. The molecular formula is C101H82O48. The predicted molar refractivity (Wildman–Crippen MR) is 521 cm³/mol. The molecule has 0 aliphatic carbocycles. The van der Waals surface area contributed by atoms with Crippen LogP contribution in [0.2, 0.25) is 0 Å². The van der Waals surface area contributed by atoms with Crippen molar-refractivity contribution in [3.05, 3.63) is 207 Å². The summed E-state index contributed by atoms with van der Waals surface area (Å²) in [5.74, 6) is -13.4. The molecule has 0 saturated heterocycles. The first kappa shape index (κ1) is 105. The van der Waals surface area contributed by atoms with Gasteiger partial charge in [-0.25, -0.2) is 0 Å². The second kappa shape index (κ2) is 42.2. The molecule has 0 aliphatic rings. The lowest BCUT2D eigenvalue weighted by molar-refractivity contribution is 0.324. The molecular weight excluding hydrogens is 1980 g/mol. The zero-order valence-corrected chi connectivity index (χ0v) is 78.4. The van der Waals surface area contributed by atoms with Crippen LogP contribution in [0.5, 0.6) is 207 Å². The molecule has 0 saturated carbocycles. The first-order chi connectivity index (χ1) is 70.7. The van der Waals surface area contributed by atoms with E-state index >= 15 is 0 Å². The van der Waals surface area contributed by atoms with E-state index in [1.165, 1.54) is 121 Å². The van der Waals surface area contributed by atoms with Gasteiger partial charge in [-0.3, -0.25) is 28.8 Å². The Morgan fingerprint density at radius 1 is 0.161 bits per heavy atom.